The molecule has 1 saturated heterocycles. The van der Waals surface area contributed by atoms with E-state index in [-0.39, 0.29) is 24.4 Å². The zero-order valence-electron chi connectivity index (χ0n) is 12.0. The first-order valence-electron chi connectivity index (χ1n) is 6.80. The summed E-state index contributed by atoms with van der Waals surface area (Å²) in [5.74, 6) is 0.0448. The molecule has 0 aromatic carbocycles. The van der Waals surface area contributed by atoms with Crippen LogP contribution in [-0.4, -0.2) is 41.5 Å². The van der Waals surface area contributed by atoms with Crippen molar-refractivity contribution in [2.45, 2.75) is 39.3 Å². The van der Waals surface area contributed by atoms with Crippen molar-refractivity contribution in [3.63, 3.8) is 0 Å². The lowest BCUT2D eigenvalue weighted by Crippen LogP contribution is -2.42. The molecule has 5 nitrogen and oxygen atoms in total. The molecule has 2 rings (SSSR count). The highest BCUT2D eigenvalue weighted by atomic mass is 35.5. The van der Waals surface area contributed by atoms with Gasteiger partial charge in [-0.3, -0.25) is 14.6 Å². The van der Waals surface area contributed by atoms with Crippen LogP contribution < -0.4 is 10.6 Å². The highest BCUT2D eigenvalue weighted by Crippen LogP contribution is 2.22. The predicted octanol–water partition coefficient (Wildman–Crippen LogP) is 1.86. The van der Waals surface area contributed by atoms with Crippen LogP contribution in [0.3, 0.4) is 0 Å². The molecule has 114 valence electrons. The van der Waals surface area contributed by atoms with Gasteiger partial charge in [-0.25, -0.2) is 4.98 Å². The van der Waals surface area contributed by atoms with Gasteiger partial charge < -0.3 is 5.73 Å². The number of aromatic nitrogens is 1. The van der Waals surface area contributed by atoms with E-state index in [2.05, 4.69) is 9.88 Å². The first kappa shape index (κ1) is 17.4. The van der Waals surface area contributed by atoms with E-state index in [0.717, 1.165) is 43.3 Å². The Morgan fingerprint density at radius 1 is 1.65 bits per heavy atom. The highest BCUT2D eigenvalue weighted by Gasteiger charge is 2.19. The number of likely N-dealkylation sites (tertiary alicyclic amines) is 1. The van der Waals surface area contributed by atoms with Crippen LogP contribution in [-0.2, 0) is 11.3 Å². The third-order valence-corrected chi connectivity index (χ3v) is 4.31. The van der Waals surface area contributed by atoms with Crippen LogP contribution in [0.1, 0.15) is 32.4 Å². The van der Waals surface area contributed by atoms with Crippen molar-refractivity contribution in [2.75, 3.05) is 24.5 Å². The molecule has 1 fully saturated rings. The number of rotatable bonds is 4. The van der Waals surface area contributed by atoms with Gasteiger partial charge in [0.25, 0.3) is 0 Å². The van der Waals surface area contributed by atoms with Gasteiger partial charge in [0.05, 0.1) is 5.69 Å². The van der Waals surface area contributed by atoms with Crippen molar-refractivity contribution in [3.05, 3.63) is 11.1 Å². The molecule has 0 bridgehead atoms. The van der Waals surface area contributed by atoms with Gasteiger partial charge in [0.2, 0.25) is 5.91 Å². The molecule has 2 heterocycles. The van der Waals surface area contributed by atoms with E-state index in [1.54, 1.807) is 11.8 Å². The molecule has 1 atom stereocenters. The van der Waals surface area contributed by atoms with E-state index < -0.39 is 0 Å². The highest BCUT2D eigenvalue weighted by molar-refractivity contribution is 7.14. The van der Waals surface area contributed by atoms with E-state index in [1.165, 1.54) is 11.3 Å². The summed E-state index contributed by atoms with van der Waals surface area (Å²) in [5, 5.41) is 2.84. The van der Waals surface area contributed by atoms with Crippen molar-refractivity contribution < 1.29 is 4.79 Å². The normalized spacial score (nSPS) is 19.4. The Morgan fingerprint density at radius 2 is 2.40 bits per heavy atom. The Balaban J connectivity index is 0.00000200. The van der Waals surface area contributed by atoms with Crippen LogP contribution in [0, 0.1) is 0 Å². The van der Waals surface area contributed by atoms with E-state index in [1.807, 2.05) is 12.3 Å². The molecule has 0 radical (unpaired) electrons. The first-order chi connectivity index (χ1) is 9.10. The quantitative estimate of drug-likeness (QED) is 0.920. The summed E-state index contributed by atoms with van der Waals surface area (Å²) >= 11 is 1.54. The van der Waals surface area contributed by atoms with E-state index in [4.69, 9.17) is 5.73 Å². The molecule has 0 spiro atoms. The number of piperidine rings is 1. The van der Waals surface area contributed by atoms with Gasteiger partial charge in [0.15, 0.2) is 5.13 Å². The van der Waals surface area contributed by atoms with Gasteiger partial charge in [0.1, 0.15) is 0 Å². The van der Waals surface area contributed by atoms with Gasteiger partial charge in [-0.2, -0.15) is 0 Å². The Bertz CT molecular complexity index is 440. The molecule has 1 amide bonds. The summed E-state index contributed by atoms with van der Waals surface area (Å²) < 4.78 is 0. The monoisotopic (exact) mass is 318 g/mol. The molecule has 20 heavy (non-hydrogen) atoms. The molecule has 1 aromatic rings. The number of hydrogen-bond acceptors (Lipinski definition) is 5. The third kappa shape index (κ3) is 4.41. The number of hydrogen-bond donors (Lipinski definition) is 1. The van der Waals surface area contributed by atoms with Gasteiger partial charge in [-0.1, -0.05) is 0 Å². The lowest BCUT2D eigenvalue weighted by atomic mass is 10.1. The van der Waals surface area contributed by atoms with Gasteiger partial charge in [0, 0.05) is 38.0 Å². The maximum atomic E-state index is 11.5. The average Bonchev–Trinajstić information content (AvgIpc) is 2.78. The fourth-order valence-corrected chi connectivity index (χ4v) is 3.37. The maximum absolute atomic E-state index is 11.5. The van der Waals surface area contributed by atoms with Crippen molar-refractivity contribution in [3.8, 4) is 0 Å². The average molecular weight is 319 g/mol. The zero-order chi connectivity index (χ0) is 13.8. The minimum Gasteiger partial charge on any atom is -0.327 e. The second-order valence-corrected chi connectivity index (χ2v) is 5.86. The van der Waals surface area contributed by atoms with Crippen LogP contribution in [0.2, 0.25) is 0 Å². The number of thiazole rings is 1. The van der Waals surface area contributed by atoms with Crippen LogP contribution in [0.5, 0.6) is 0 Å². The topological polar surface area (TPSA) is 62.5 Å². The third-order valence-electron chi connectivity index (χ3n) is 3.39. The SMILES string of the molecule is CCN(C(C)=O)c1nc(CN2CCC[C@@H](N)C2)cs1.Cl. The summed E-state index contributed by atoms with van der Waals surface area (Å²) in [5.41, 5.74) is 7.02. The Morgan fingerprint density at radius 3 is 3.00 bits per heavy atom. The van der Waals surface area contributed by atoms with E-state index >= 15 is 0 Å². The van der Waals surface area contributed by atoms with Gasteiger partial charge in [-0.15, -0.1) is 23.7 Å². The largest absolute Gasteiger partial charge is 0.327 e. The molecule has 1 aromatic heterocycles. The Labute approximate surface area is 130 Å². The van der Waals surface area contributed by atoms with Crippen LogP contribution in [0.15, 0.2) is 5.38 Å². The number of carbonyl (C=O) groups excluding carboxylic acids is 1. The van der Waals surface area contributed by atoms with Crippen molar-refractivity contribution in [1.29, 1.82) is 0 Å². The summed E-state index contributed by atoms with van der Waals surface area (Å²) in [6, 6.07) is 0.288. The van der Waals surface area contributed by atoms with E-state index in [0.29, 0.717) is 6.54 Å². The minimum atomic E-state index is 0. The van der Waals surface area contributed by atoms with Crippen LogP contribution in [0.4, 0.5) is 5.13 Å². The fourth-order valence-electron chi connectivity index (χ4n) is 2.45. The molecule has 0 aliphatic carbocycles. The Kier molecular flexibility index (Phi) is 6.88. The molecule has 0 saturated carbocycles. The van der Waals surface area contributed by atoms with Crippen molar-refractivity contribution in [2.24, 2.45) is 5.73 Å². The number of halogens is 1. The lowest BCUT2D eigenvalue weighted by molar-refractivity contribution is -0.116. The number of amides is 1. The number of nitrogens with zero attached hydrogens (tertiary/aromatic N) is 3. The molecule has 1 aliphatic heterocycles. The molecular weight excluding hydrogens is 296 g/mol. The second-order valence-electron chi connectivity index (χ2n) is 5.02. The molecule has 7 heteroatoms. The zero-order valence-corrected chi connectivity index (χ0v) is 13.7. The first-order valence-corrected chi connectivity index (χ1v) is 7.68. The summed E-state index contributed by atoms with van der Waals surface area (Å²) in [6.07, 6.45) is 2.28. The van der Waals surface area contributed by atoms with Crippen molar-refractivity contribution in [1.82, 2.24) is 9.88 Å². The minimum absolute atomic E-state index is 0. The predicted molar refractivity (Wildman–Crippen MR) is 85.5 cm³/mol. The van der Waals surface area contributed by atoms with E-state index in [9.17, 15) is 4.79 Å². The number of carbonyl (C=O) groups is 1. The standard InChI is InChI=1S/C13H22N4OS.ClH/c1-3-17(10(2)18)13-15-12(9-19-13)8-16-6-4-5-11(14)7-16;/h9,11H,3-8,14H2,1-2H3;1H/t11-;/m1./s1. The summed E-state index contributed by atoms with van der Waals surface area (Å²) in [7, 11) is 0. The maximum Gasteiger partial charge on any atom is 0.225 e. The number of nitrogens with two attached hydrogens (primary N) is 1. The molecule has 1 aliphatic rings. The lowest BCUT2D eigenvalue weighted by Gasteiger charge is -2.29. The summed E-state index contributed by atoms with van der Waals surface area (Å²) in [4.78, 5) is 20.1. The van der Waals surface area contributed by atoms with Gasteiger partial charge >= 0.3 is 0 Å². The van der Waals surface area contributed by atoms with Crippen LogP contribution >= 0.6 is 23.7 Å². The van der Waals surface area contributed by atoms with Crippen molar-refractivity contribution >= 4 is 34.8 Å². The van der Waals surface area contributed by atoms with Gasteiger partial charge in [-0.05, 0) is 26.3 Å². The second kappa shape index (κ2) is 7.93. The smallest absolute Gasteiger partial charge is 0.225 e. The summed E-state index contributed by atoms with van der Waals surface area (Å²) in [6.45, 7) is 7.07. The molecule has 0 unspecified atom stereocenters. The number of anilines is 1. The molecular formula is C13H23ClN4OS. The fraction of sp³-hybridized carbons (Fsp3) is 0.692. The Hall–Kier alpha value is -0.690. The molecule has 2 N–H and O–H groups in total. The van der Waals surface area contributed by atoms with Crippen LogP contribution in [0.25, 0.3) is 0 Å².